The molecule has 0 radical (unpaired) electrons. The van der Waals surface area contributed by atoms with E-state index in [2.05, 4.69) is 0 Å². The van der Waals surface area contributed by atoms with E-state index in [-0.39, 0.29) is 5.56 Å². The molecule has 3 nitrogen and oxygen atoms in total. The van der Waals surface area contributed by atoms with Crippen LogP contribution in [0, 0.1) is 11.6 Å². The standard InChI is InChI=1S/C15H14F2O3/c1-19-9-6-7-10(13(8-9)20-2)15(18)14-11(16)4-3-5-12(14)17/h3-8,15,18H,1-2H3. The van der Waals surface area contributed by atoms with E-state index in [1.807, 2.05) is 0 Å². The maximum atomic E-state index is 13.7. The number of halogens is 2. The lowest BCUT2D eigenvalue weighted by atomic mass is 9.99. The van der Waals surface area contributed by atoms with E-state index in [0.29, 0.717) is 11.5 Å². The number of aliphatic hydroxyl groups excluding tert-OH is 1. The van der Waals surface area contributed by atoms with Crippen molar-refractivity contribution in [3.8, 4) is 11.5 Å². The quantitative estimate of drug-likeness (QED) is 0.935. The molecule has 0 aliphatic heterocycles. The van der Waals surface area contributed by atoms with E-state index in [9.17, 15) is 13.9 Å². The molecule has 2 aromatic rings. The van der Waals surface area contributed by atoms with Gasteiger partial charge in [0.15, 0.2) is 0 Å². The molecule has 0 bridgehead atoms. The van der Waals surface area contributed by atoms with Crippen LogP contribution >= 0.6 is 0 Å². The van der Waals surface area contributed by atoms with E-state index in [1.54, 1.807) is 6.07 Å². The predicted molar refractivity (Wildman–Crippen MR) is 70.0 cm³/mol. The number of ether oxygens (including phenoxy) is 2. The summed E-state index contributed by atoms with van der Waals surface area (Å²) in [6, 6.07) is 8.06. The van der Waals surface area contributed by atoms with Crippen LogP contribution in [-0.4, -0.2) is 19.3 Å². The summed E-state index contributed by atoms with van der Waals surface area (Å²) in [5, 5.41) is 10.2. The zero-order valence-electron chi connectivity index (χ0n) is 11.1. The Labute approximate surface area is 115 Å². The summed E-state index contributed by atoms with van der Waals surface area (Å²) in [4.78, 5) is 0. The van der Waals surface area contributed by atoms with Gasteiger partial charge < -0.3 is 14.6 Å². The van der Waals surface area contributed by atoms with E-state index in [1.165, 1.54) is 32.4 Å². The molecule has 2 aromatic carbocycles. The molecule has 0 aromatic heterocycles. The number of benzene rings is 2. The monoisotopic (exact) mass is 280 g/mol. The number of hydrogen-bond donors (Lipinski definition) is 1. The highest BCUT2D eigenvalue weighted by molar-refractivity contribution is 5.45. The van der Waals surface area contributed by atoms with E-state index in [4.69, 9.17) is 9.47 Å². The van der Waals surface area contributed by atoms with Gasteiger partial charge in [-0.2, -0.15) is 0 Å². The second kappa shape index (κ2) is 5.88. The third-order valence-electron chi connectivity index (χ3n) is 3.01. The second-order valence-corrected chi connectivity index (χ2v) is 4.15. The Morgan fingerprint density at radius 1 is 1.00 bits per heavy atom. The van der Waals surface area contributed by atoms with Crippen LogP contribution in [0.2, 0.25) is 0 Å². The van der Waals surface area contributed by atoms with Gasteiger partial charge in [0, 0.05) is 11.6 Å². The number of aliphatic hydroxyl groups is 1. The molecular weight excluding hydrogens is 266 g/mol. The first-order chi connectivity index (χ1) is 9.58. The highest BCUT2D eigenvalue weighted by Gasteiger charge is 2.22. The minimum atomic E-state index is -1.46. The van der Waals surface area contributed by atoms with Gasteiger partial charge in [-0.15, -0.1) is 0 Å². The fourth-order valence-electron chi connectivity index (χ4n) is 1.97. The van der Waals surface area contributed by atoms with Crippen LogP contribution in [0.15, 0.2) is 36.4 Å². The largest absolute Gasteiger partial charge is 0.497 e. The summed E-state index contributed by atoms with van der Waals surface area (Å²) in [5.74, 6) is -0.808. The summed E-state index contributed by atoms with van der Waals surface area (Å²) >= 11 is 0. The Balaban J connectivity index is 2.50. The number of hydrogen-bond acceptors (Lipinski definition) is 3. The fourth-order valence-corrected chi connectivity index (χ4v) is 1.97. The van der Waals surface area contributed by atoms with Gasteiger partial charge in [0.1, 0.15) is 29.2 Å². The normalized spacial score (nSPS) is 12.1. The average molecular weight is 280 g/mol. The van der Waals surface area contributed by atoms with E-state index >= 15 is 0 Å². The molecule has 1 N–H and O–H groups in total. The Morgan fingerprint density at radius 2 is 1.65 bits per heavy atom. The van der Waals surface area contributed by atoms with Gasteiger partial charge in [0.2, 0.25) is 0 Å². The Bertz CT molecular complexity index is 594. The van der Waals surface area contributed by atoms with Gasteiger partial charge in [0.25, 0.3) is 0 Å². The van der Waals surface area contributed by atoms with Gasteiger partial charge in [-0.05, 0) is 24.3 Å². The smallest absolute Gasteiger partial charge is 0.132 e. The molecule has 0 aliphatic rings. The van der Waals surface area contributed by atoms with Crippen LogP contribution in [0.1, 0.15) is 17.2 Å². The lowest BCUT2D eigenvalue weighted by Gasteiger charge is -2.17. The van der Waals surface area contributed by atoms with Crippen molar-refractivity contribution in [2.75, 3.05) is 14.2 Å². The van der Waals surface area contributed by atoms with Crippen molar-refractivity contribution >= 4 is 0 Å². The predicted octanol–water partition coefficient (Wildman–Crippen LogP) is 3.06. The third kappa shape index (κ3) is 2.58. The minimum absolute atomic E-state index is 0.261. The molecule has 5 heteroatoms. The maximum absolute atomic E-state index is 13.7. The minimum Gasteiger partial charge on any atom is -0.497 e. The van der Waals surface area contributed by atoms with Gasteiger partial charge in [-0.3, -0.25) is 0 Å². The van der Waals surface area contributed by atoms with Gasteiger partial charge in [-0.25, -0.2) is 8.78 Å². The molecule has 106 valence electrons. The van der Waals surface area contributed by atoms with Crippen molar-refractivity contribution in [1.29, 1.82) is 0 Å². The maximum Gasteiger partial charge on any atom is 0.132 e. The summed E-state index contributed by atoms with van der Waals surface area (Å²) in [6.07, 6.45) is -1.46. The van der Waals surface area contributed by atoms with Crippen molar-refractivity contribution in [2.24, 2.45) is 0 Å². The zero-order valence-corrected chi connectivity index (χ0v) is 11.1. The molecule has 1 unspecified atom stereocenters. The van der Waals surface area contributed by atoms with Gasteiger partial charge in [0.05, 0.1) is 19.8 Å². The Kier molecular flexibility index (Phi) is 4.20. The van der Waals surface area contributed by atoms with Crippen molar-refractivity contribution in [3.63, 3.8) is 0 Å². The molecule has 0 fully saturated rings. The summed E-state index contributed by atoms with van der Waals surface area (Å²) < 4.78 is 37.6. The second-order valence-electron chi connectivity index (χ2n) is 4.15. The first kappa shape index (κ1) is 14.3. The molecule has 0 aliphatic carbocycles. The van der Waals surface area contributed by atoms with Gasteiger partial charge in [-0.1, -0.05) is 6.07 Å². The summed E-state index contributed by atoms with van der Waals surface area (Å²) in [5.41, 5.74) is -0.145. The van der Waals surface area contributed by atoms with Gasteiger partial charge >= 0.3 is 0 Å². The van der Waals surface area contributed by atoms with Crippen LogP contribution in [0.3, 0.4) is 0 Å². The molecule has 0 saturated carbocycles. The molecule has 0 spiro atoms. The van der Waals surface area contributed by atoms with Crippen LogP contribution in [0.5, 0.6) is 11.5 Å². The topological polar surface area (TPSA) is 38.7 Å². The number of methoxy groups -OCH3 is 2. The van der Waals surface area contributed by atoms with Crippen LogP contribution in [0.25, 0.3) is 0 Å². The highest BCUT2D eigenvalue weighted by Crippen LogP contribution is 2.34. The van der Waals surface area contributed by atoms with E-state index in [0.717, 1.165) is 12.1 Å². The summed E-state index contributed by atoms with van der Waals surface area (Å²) in [7, 11) is 2.89. The average Bonchev–Trinajstić information content (AvgIpc) is 2.46. The lowest BCUT2D eigenvalue weighted by Crippen LogP contribution is -2.07. The first-order valence-corrected chi connectivity index (χ1v) is 5.92. The Hall–Kier alpha value is -2.14. The zero-order chi connectivity index (χ0) is 14.7. The lowest BCUT2D eigenvalue weighted by molar-refractivity contribution is 0.204. The molecule has 20 heavy (non-hydrogen) atoms. The molecule has 1 atom stereocenters. The molecule has 0 heterocycles. The highest BCUT2D eigenvalue weighted by atomic mass is 19.1. The van der Waals surface area contributed by atoms with Crippen molar-refractivity contribution in [2.45, 2.75) is 6.10 Å². The van der Waals surface area contributed by atoms with Crippen LogP contribution < -0.4 is 9.47 Å². The molecule has 0 amide bonds. The van der Waals surface area contributed by atoms with E-state index < -0.39 is 23.3 Å². The summed E-state index contributed by atoms with van der Waals surface area (Å²) in [6.45, 7) is 0. The van der Waals surface area contributed by atoms with Crippen molar-refractivity contribution in [1.82, 2.24) is 0 Å². The van der Waals surface area contributed by atoms with Crippen molar-refractivity contribution < 1.29 is 23.4 Å². The molecular formula is C15H14F2O3. The van der Waals surface area contributed by atoms with Crippen LogP contribution in [0.4, 0.5) is 8.78 Å². The fraction of sp³-hybridized carbons (Fsp3) is 0.200. The number of rotatable bonds is 4. The SMILES string of the molecule is COc1ccc(C(O)c2c(F)cccc2F)c(OC)c1. The van der Waals surface area contributed by atoms with Crippen LogP contribution in [-0.2, 0) is 0 Å². The Morgan fingerprint density at radius 3 is 2.20 bits per heavy atom. The molecule has 0 saturated heterocycles. The van der Waals surface area contributed by atoms with Crippen molar-refractivity contribution in [3.05, 3.63) is 59.2 Å². The molecule has 2 rings (SSSR count). The third-order valence-corrected chi connectivity index (χ3v) is 3.01. The first-order valence-electron chi connectivity index (χ1n) is 5.92.